The Morgan fingerprint density at radius 3 is 2.35 bits per heavy atom. The minimum absolute atomic E-state index is 0.0512. The van der Waals surface area contributed by atoms with Crippen LogP contribution in [0.1, 0.15) is 16.1 Å². The highest BCUT2D eigenvalue weighted by Crippen LogP contribution is 2.36. The van der Waals surface area contributed by atoms with E-state index in [9.17, 15) is 14.0 Å². The maximum Gasteiger partial charge on any atom is 0.200 e. The van der Waals surface area contributed by atoms with Crippen LogP contribution >= 0.6 is 0 Å². The Balaban J connectivity index is 1.38. The molecule has 2 aromatic carbocycles. The number of carbonyl (C=O) groups excluding carboxylic acids is 1. The fraction of sp³-hybridized carbons (Fsp3) is 0.212. The zero-order chi connectivity index (χ0) is 30.5. The van der Waals surface area contributed by atoms with E-state index in [1.54, 1.807) is 63.1 Å². The van der Waals surface area contributed by atoms with Crippen LogP contribution in [0.15, 0.2) is 84.2 Å². The number of rotatable bonds is 11. The number of hydrogen-bond donors (Lipinski definition) is 0. The summed E-state index contributed by atoms with van der Waals surface area (Å²) in [5.41, 5.74) is 1.67. The zero-order valence-corrected chi connectivity index (χ0v) is 24.3. The molecule has 0 spiro atoms. The summed E-state index contributed by atoms with van der Waals surface area (Å²) in [6.45, 7) is 1.27. The molecule has 0 N–H and O–H groups in total. The van der Waals surface area contributed by atoms with Gasteiger partial charge in [0.2, 0.25) is 0 Å². The molecule has 10 heteroatoms. The topological polar surface area (TPSA) is 95.8 Å². The van der Waals surface area contributed by atoms with Crippen LogP contribution < -0.4 is 19.6 Å². The molecule has 0 unspecified atom stereocenters. The van der Waals surface area contributed by atoms with E-state index in [1.807, 2.05) is 23.6 Å². The van der Waals surface area contributed by atoms with Crippen LogP contribution in [0.5, 0.6) is 23.0 Å². The third-order valence-electron chi connectivity index (χ3n) is 6.91. The Morgan fingerprint density at radius 2 is 1.67 bits per heavy atom. The predicted molar refractivity (Wildman–Crippen MR) is 162 cm³/mol. The van der Waals surface area contributed by atoms with Crippen molar-refractivity contribution in [2.24, 2.45) is 0 Å². The first kappa shape index (κ1) is 29.4. The summed E-state index contributed by atoms with van der Waals surface area (Å²) in [6.07, 6.45) is 6.37. The van der Waals surface area contributed by atoms with E-state index in [0.29, 0.717) is 58.4 Å². The molecular weight excluding hydrogens is 551 g/mol. The van der Waals surface area contributed by atoms with Crippen molar-refractivity contribution in [2.45, 2.75) is 13.0 Å². The van der Waals surface area contributed by atoms with E-state index in [0.717, 1.165) is 5.39 Å². The fourth-order valence-electron chi connectivity index (χ4n) is 4.61. The Labute approximate surface area is 248 Å². The Bertz CT molecular complexity index is 1820. The van der Waals surface area contributed by atoms with Crippen LogP contribution in [0.3, 0.4) is 0 Å². The summed E-state index contributed by atoms with van der Waals surface area (Å²) < 4.78 is 32.3. The molecule has 0 atom stereocenters. The van der Waals surface area contributed by atoms with Crippen molar-refractivity contribution in [1.29, 1.82) is 0 Å². The van der Waals surface area contributed by atoms with Gasteiger partial charge in [0.15, 0.2) is 22.7 Å². The van der Waals surface area contributed by atoms with Gasteiger partial charge in [-0.2, -0.15) is 0 Å². The third-order valence-corrected chi connectivity index (χ3v) is 6.91. The SMILES string of the molecule is COc1cc2nccc(Oc3ccc(CC(=O)c4cn(CCN(C)C)cc(-c5ccc(F)cc5)c4=O)nc3)c2cc1OC. The molecule has 5 aromatic rings. The van der Waals surface area contributed by atoms with Crippen molar-refractivity contribution in [2.75, 3.05) is 34.9 Å². The van der Waals surface area contributed by atoms with Crippen molar-refractivity contribution in [3.05, 3.63) is 107 Å². The largest absolute Gasteiger partial charge is 0.493 e. The van der Waals surface area contributed by atoms with E-state index < -0.39 is 11.2 Å². The van der Waals surface area contributed by atoms with Gasteiger partial charge in [-0.1, -0.05) is 12.1 Å². The van der Waals surface area contributed by atoms with Crippen LogP contribution in [0, 0.1) is 5.82 Å². The second kappa shape index (κ2) is 12.8. The normalized spacial score (nSPS) is 11.1. The minimum Gasteiger partial charge on any atom is -0.493 e. The van der Waals surface area contributed by atoms with Crippen molar-refractivity contribution in [1.82, 2.24) is 19.4 Å². The van der Waals surface area contributed by atoms with Crippen LogP contribution in [0.4, 0.5) is 4.39 Å². The average Bonchev–Trinajstić information content (AvgIpc) is 3.01. The summed E-state index contributed by atoms with van der Waals surface area (Å²) in [7, 11) is 7.01. The number of carbonyl (C=O) groups is 1. The van der Waals surface area contributed by atoms with Gasteiger partial charge in [-0.15, -0.1) is 0 Å². The maximum absolute atomic E-state index is 13.5. The Kier molecular flexibility index (Phi) is 8.77. The lowest BCUT2D eigenvalue weighted by Crippen LogP contribution is -2.24. The van der Waals surface area contributed by atoms with Crippen LogP contribution in [0.2, 0.25) is 0 Å². The molecule has 3 aromatic heterocycles. The smallest absolute Gasteiger partial charge is 0.200 e. The van der Waals surface area contributed by atoms with Gasteiger partial charge in [0.05, 0.1) is 37.9 Å². The van der Waals surface area contributed by atoms with Crippen LogP contribution in [-0.4, -0.2) is 60.1 Å². The van der Waals surface area contributed by atoms with Gasteiger partial charge in [0, 0.05) is 54.4 Å². The number of hydrogen-bond acceptors (Lipinski definition) is 8. The first-order valence-corrected chi connectivity index (χ1v) is 13.6. The van der Waals surface area contributed by atoms with Gasteiger partial charge in [0.25, 0.3) is 0 Å². The number of likely N-dealkylation sites (N-methyl/N-ethyl adjacent to an activating group) is 1. The van der Waals surface area contributed by atoms with Crippen molar-refractivity contribution in [3.63, 3.8) is 0 Å². The molecular formula is C33H31FN4O5. The number of fused-ring (bicyclic) bond motifs is 1. The van der Waals surface area contributed by atoms with Gasteiger partial charge in [0.1, 0.15) is 17.3 Å². The van der Waals surface area contributed by atoms with E-state index in [4.69, 9.17) is 14.2 Å². The fourth-order valence-corrected chi connectivity index (χ4v) is 4.61. The molecule has 0 saturated carbocycles. The molecule has 0 radical (unpaired) electrons. The number of pyridine rings is 3. The van der Waals surface area contributed by atoms with E-state index in [2.05, 4.69) is 9.97 Å². The van der Waals surface area contributed by atoms with E-state index in [-0.39, 0.29) is 17.8 Å². The molecule has 5 rings (SSSR count). The quantitative estimate of drug-likeness (QED) is 0.191. The minimum atomic E-state index is -0.408. The standard InChI is InChI=1S/C33H31FN4O5/c1-37(2)13-14-38-19-26(21-5-7-22(34)8-6-21)33(40)27(20-38)29(39)15-23-9-10-24(18-36-23)43-30-11-12-35-28-17-32(42-4)31(41-3)16-25(28)30/h5-12,16-20H,13-15H2,1-4H3. The van der Waals surface area contributed by atoms with E-state index in [1.165, 1.54) is 30.5 Å². The lowest BCUT2D eigenvalue weighted by atomic mass is 10.0. The Morgan fingerprint density at radius 1 is 0.930 bits per heavy atom. The number of nitrogens with zero attached hydrogens (tertiary/aromatic N) is 4. The second-order valence-electron chi connectivity index (χ2n) is 10.2. The third kappa shape index (κ3) is 6.70. The first-order chi connectivity index (χ1) is 20.7. The molecule has 220 valence electrons. The second-order valence-corrected chi connectivity index (χ2v) is 10.2. The lowest BCUT2D eigenvalue weighted by Gasteiger charge is -2.15. The number of benzene rings is 2. The molecule has 0 saturated heterocycles. The first-order valence-electron chi connectivity index (χ1n) is 13.6. The monoisotopic (exact) mass is 582 g/mol. The van der Waals surface area contributed by atoms with Crippen molar-refractivity contribution < 1.29 is 23.4 Å². The summed E-state index contributed by atoms with van der Waals surface area (Å²) in [6, 6.07) is 14.4. The van der Waals surface area contributed by atoms with E-state index >= 15 is 0 Å². The molecule has 9 nitrogen and oxygen atoms in total. The molecule has 0 aliphatic carbocycles. The summed E-state index contributed by atoms with van der Waals surface area (Å²) in [5.74, 6) is 1.34. The highest BCUT2D eigenvalue weighted by atomic mass is 19.1. The summed E-state index contributed by atoms with van der Waals surface area (Å²) in [5, 5.41) is 0.728. The maximum atomic E-state index is 13.5. The predicted octanol–water partition coefficient (Wildman–Crippen LogP) is 5.39. The Hall–Kier alpha value is -5.09. The molecule has 0 aliphatic rings. The molecule has 43 heavy (non-hydrogen) atoms. The van der Waals surface area contributed by atoms with Crippen molar-refractivity contribution in [3.8, 4) is 34.1 Å². The summed E-state index contributed by atoms with van der Waals surface area (Å²) >= 11 is 0. The van der Waals surface area contributed by atoms with Crippen LogP contribution in [0.25, 0.3) is 22.0 Å². The van der Waals surface area contributed by atoms with Gasteiger partial charge < -0.3 is 23.7 Å². The van der Waals surface area contributed by atoms with Crippen LogP contribution in [-0.2, 0) is 13.0 Å². The average molecular weight is 583 g/mol. The molecule has 0 bridgehead atoms. The lowest BCUT2D eigenvalue weighted by molar-refractivity contribution is 0.0990. The molecule has 0 aliphatic heterocycles. The summed E-state index contributed by atoms with van der Waals surface area (Å²) in [4.78, 5) is 37.7. The number of ether oxygens (including phenoxy) is 3. The van der Waals surface area contributed by atoms with Crippen molar-refractivity contribution >= 4 is 16.7 Å². The highest BCUT2D eigenvalue weighted by Gasteiger charge is 2.18. The van der Waals surface area contributed by atoms with Gasteiger partial charge in [-0.25, -0.2) is 4.39 Å². The van der Waals surface area contributed by atoms with Gasteiger partial charge in [-0.3, -0.25) is 19.6 Å². The number of halogens is 1. The van der Waals surface area contributed by atoms with Gasteiger partial charge in [-0.05, 0) is 56.1 Å². The van der Waals surface area contributed by atoms with Gasteiger partial charge >= 0.3 is 0 Å². The number of Topliss-reactive ketones (excluding diaryl/α,β-unsaturated/α-hetero) is 1. The number of aromatic nitrogens is 3. The molecule has 3 heterocycles. The zero-order valence-electron chi connectivity index (χ0n) is 24.3. The molecule has 0 fully saturated rings. The molecule has 0 amide bonds. The highest BCUT2D eigenvalue weighted by molar-refractivity contribution is 5.98. The number of ketones is 1. The number of methoxy groups -OCH3 is 2.